The van der Waals surface area contributed by atoms with Crippen LogP contribution in [-0.4, -0.2) is 36.0 Å². The first-order valence-corrected chi connectivity index (χ1v) is 6.07. The summed E-state index contributed by atoms with van der Waals surface area (Å²) in [7, 11) is 0. The standard InChI is InChI=1S/C12H25NO2/c1-5-9(2)10(3)13-8-12(14)6-7-15-11(12)4/h9-11,13-14H,5-8H2,1-4H3. The van der Waals surface area contributed by atoms with Crippen LogP contribution in [0.4, 0.5) is 0 Å². The Morgan fingerprint density at radius 2 is 2.20 bits per heavy atom. The van der Waals surface area contributed by atoms with Crippen molar-refractivity contribution in [3.8, 4) is 0 Å². The largest absolute Gasteiger partial charge is 0.386 e. The molecule has 0 amide bonds. The summed E-state index contributed by atoms with van der Waals surface area (Å²) >= 11 is 0. The normalized spacial score (nSPS) is 35.4. The summed E-state index contributed by atoms with van der Waals surface area (Å²) in [5.74, 6) is 0.645. The highest BCUT2D eigenvalue weighted by Crippen LogP contribution is 2.25. The van der Waals surface area contributed by atoms with Crippen molar-refractivity contribution in [2.24, 2.45) is 5.92 Å². The summed E-state index contributed by atoms with van der Waals surface area (Å²) in [5, 5.41) is 13.7. The molecule has 15 heavy (non-hydrogen) atoms. The first kappa shape index (κ1) is 12.9. The molecular weight excluding hydrogens is 190 g/mol. The molecule has 4 atom stereocenters. The van der Waals surface area contributed by atoms with Gasteiger partial charge in [0.05, 0.1) is 6.10 Å². The van der Waals surface area contributed by atoms with Crippen molar-refractivity contribution < 1.29 is 9.84 Å². The Kier molecular flexibility index (Phi) is 4.56. The van der Waals surface area contributed by atoms with Crippen LogP contribution in [0.3, 0.4) is 0 Å². The van der Waals surface area contributed by atoms with Crippen LogP contribution >= 0.6 is 0 Å². The lowest BCUT2D eigenvalue weighted by atomic mass is 9.94. The highest BCUT2D eigenvalue weighted by molar-refractivity contribution is 4.92. The van der Waals surface area contributed by atoms with Gasteiger partial charge >= 0.3 is 0 Å². The van der Waals surface area contributed by atoms with Gasteiger partial charge in [0.2, 0.25) is 0 Å². The van der Waals surface area contributed by atoms with Gasteiger partial charge in [-0.15, -0.1) is 0 Å². The summed E-state index contributed by atoms with van der Waals surface area (Å²) in [6.07, 6.45) is 1.86. The van der Waals surface area contributed by atoms with Crippen LogP contribution in [0.15, 0.2) is 0 Å². The summed E-state index contributed by atoms with van der Waals surface area (Å²) in [4.78, 5) is 0. The second-order valence-corrected chi connectivity index (χ2v) is 4.92. The van der Waals surface area contributed by atoms with Crippen LogP contribution in [0, 0.1) is 5.92 Å². The molecule has 0 aromatic heterocycles. The van der Waals surface area contributed by atoms with Gasteiger partial charge in [0, 0.05) is 25.6 Å². The van der Waals surface area contributed by atoms with Crippen molar-refractivity contribution in [3.63, 3.8) is 0 Å². The van der Waals surface area contributed by atoms with Crippen molar-refractivity contribution in [1.29, 1.82) is 0 Å². The number of nitrogens with one attached hydrogen (secondary N) is 1. The lowest BCUT2D eigenvalue weighted by Crippen LogP contribution is -2.49. The molecule has 0 spiro atoms. The highest BCUT2D eigenvalue weighted by Gasteiger charge is 2.39. The van der Waals surface area contributed by atoms with E-state index in [1.165, 1.54) is 6.42 Å². The van der Waals surface area contributed by atoms with Crippen molar-refractivity contribution in [2.75, 3.05) is 13.2 Å². The van der Waals surface area contributed by atoms with E-state index in [1.807, 2.05) is 6.92 Å². The van der Waals surface area contributed by atoms with E-state index in [0.717, 1.165) is 6.42 Å². The van der Waals surface area contributed by atoms with E-state index < -0.39 is 5.60 Å². The lowest BCUT2D eigenvalue weighted by molar-refractivity contribution is -0.0282. The van der Waals surface area contributed by atoms with E-state index in [0.29, 0.717) is 25.1 Å². The molecule has 2 N–H and O–H groups in total. The maximum absolute atomic E-state index is 10.3. The van der Waals surface area contributed by atoms with Crippen molar-refractivity contribution >= 4 is 0 Å². The summed E-state index contributed by atoms with van der Waals surface area (Å²) in [5.41, 5.74) is -0.665. The molecule has 3 nitrogen and oxygen atoms in total. The lowest BCUT2D eigenvalue weighted by Gasteiger charge is -2.29. The zero-order chi connectivity index (χ0) is 11.5. The van der Waals surface area contributed by atoms with Gasteiger partial charge in [-0.05, 0) is 19.8 Å². The maximum Gasteiger partial charge on any atom is 0.105 e. The maximum atomic E-state index is 10.3. The average Bonchev–Trinajstić information content (AvgIpc) is 2.55. The Bertz CT molecular complexity index is 198. The van der Waals surface area contributed by atoms with Crippen LogP contribution in [0.5, 0.6) is 0 Å². The third-order valence-corrected chi connectivity index (χ3v) is 3.89. The van der Waals surface area contributed by atoms with Gasteiger partial charge in [0.15, 0.2) is 0 Å². The van der Waals surface area contributed by atoms with Gasteiger partial charge in [-0.1, -0.05) is 20.3 Å². The highest BCUT2D eigenvalue weighted by atomic mass is 16.5. The van der Waals surface area contributed by atoms with E-state index in [4.69, 9.17) is 4.74 Å². The summed E-state index contributed by atoms with van der Waals surface area (Å²) < 4.78 is 5.40. The Labute approximate surface area is 93.2 Å². The van der Waals surface area contributed by atoms with Crippen molar-refractivity contribution in [3.05, 3.63) is 0 Å². The Morgan fingerprint density at radius 3 is 2.67 bits per heavy atom. The van der Waals surface area contributed by atoms with Gasteiger partial charge in [0.25, 0.3) is 0 Å². The molecule has 90 valence electrons. The molecule has 1 aliphatic heterocycles. The molecule has 0 saturated carbocycles. The van der Waals surface area contributed by atoms with E-state index >= 15 is 0 Å². The average molecular weight is 215 g/mol. The van der Waals surface area contributed by atoms with E-state index in [9.17, 15) is 5.11 Å². The zero-order valence-corrected chi connectivity index (χ0v) is 10.4. The first-order chi connectivity index (χ1) is 6.99. The van der Waals surface area contributed by atoms with Crippen LogP contribution in [0.25, 0.3) is 0 Å². The smallest absolute Gasteiger partial charge is 0.105 e. The topological polar surface area (TPSA) is 41.5 Å². The van der Waals surface area contributed by atoms with E-state index in [-0.39, 0.29) is 6.10 Å². The molecule has 0 aromatic rings. The zero-order valence-electron chi connectivity index (χ0n) is 10.4. The van der Waals surface area contributed by atoms with Crippen LogP contribution in [0.2, 0.25) is 0 Å². The van der Waals surface area contributed by atoms with Crippen LogP contribution < -0.4 is 5.32 Å². The molecule has 0 radical (unpaired) electrons. The second-order valence-electron chi connectivity index (χ2n) is 4.92. The first-order valence-electron chi connectivity index (χ1n) is 6.07. The molecule has 1 heterocycles. The number of hydrogen-bond acceptors (Lipinski definition) is 3. The fourth-order valence-electron chi connectivity index (χ4n) is 1.90. The minimum atomic E-state index is -0.665. The second kappa shape index (κ2) is 5.28. The molecule has 4 unspecified atom stereocenters. The fraction of sp³-hybridized carbons (Fsp3) is 1.00. The molecule has 0 bridgehead atoms. The minimum absolute atomic E-state index is 0.0471. The van der Waals surface area contributed by atoms with Gasteiger partial charge in [-0.25, -0.2) is 0 Å². The Morgan fingerprint density at radius 1 is 1.53 bits per heavy atom. The third kappa shape index (κ3) is 3.16. The molecule has 3 heteroatoms. The van der Waals surface area contributed by atoms with E-state index in [2.05, 4.69) is 26.1 Å². The molecule has 1 fully saturated rings. The van der Waals surface area contributed by atoms with Gasteiger partial charge < -0.3 is 15.2 Å². The van der Waals surface area contributed by atoms with Crippen LogP contribution in [-0.2, 0) is 4.74 Å². The number of ether oxygens (including phenoxy) is 1. The quantitative estimate of drug-likeness (QED) is 0.731. The molecule has 1 saturated heterocycles. The van der Waals surface area contributed by atoms with Gasteiger partial charge in [0.1, 0.15) is 5.60 Å². The number of hydrogen-bond donors (Lipinski definition) is 2. The van der Waals surface area contributed by atoms with Crippen LogP contribution in [0.1, 0.15) is 40.5 Å². The van der Waals surface area contributed by atoms with Crippen molar-refractivity contribution in [2.45, 2.75) is 58.3 Å². The SMILES string of the molecule is CCC(C)C(C)NCC1(O)CCOC1C. The molecule has 0 aromatic carbocycles. The van der Waals surface area contributed by atoms with Gasteiger partial charge in [-0.2, -0.15) is 0 Å². The van der Waals surface area contributed by atoms with Gasteiger partial charge in [-0.3, -0.25) is 0 Å². The Balaban J connectivity index is 2.35. The fourth-order valence-corrected chi connectivity index (χ4v) is 1.90. The predicted molar refractivity (Wildman–Crippen MR) is 61.9 cm³/mol. The number of rotatable bonds is 5. The monoisotopic (exact) mass is 215 g/mol. The Hall–Kier alpha value is -0.120. The van der Waals surface area contributed by atoms with Crippen molar-refractivity contribution in [1.82, 2.24) is 5.32 Å². The third-order valence-electron chi connectivity index (χ3n) is 3.89. The van der Waals surface area contributed by atoms with E-state index in [1.54, 1.807) is 0 Å². The summed E-state index contributed by atoms with van der Waals surface area (Å²) in [6, 6.07) is 0.451. The molecular formula is C12H25NO2. The molecule has 1 aliphatic rings. The molecule has 1 rings (SSSR count). The number of aliphatic hydroxyl groups is 1. The summed E-state index contributed by atoms with van der Waals surface area (Å²) in [6.45, 7) is 9.87. The molecule has 0 aliphatic carbocycles. The minimum Gasteiger partial charge on any atom is -0.386 e. The predicted octanol–water partition coefficient (Wildman–Crippen LogP) is 1.55.